The van der Waals surface area contributed by atoms with Gasteiger partial charge in [0, 0.05) is 0 Å². The number of rotatable bonds is 3. The Balaban J connectivity index is 2.01. The third kappa shape index (κ3) is 2.18. The quantitative estimate of drug-likeness (QED) is 0.538. The molecule has 0 aliphatic carbocycles. The first-order chi connectivity index (χ1) is 7.14. The van der Waals surface area contributed by atoms with Gasteiger partial charge in [-0.2, -0.15) is 0 Å². The van der Waals surface area contributed by atoms with Crippen LogP contribution < -0.4 is 0 Å². The molecule has 1 nitrogen and oxygen atoms in total. The molecule has 1 fully saturated rings. The van der Waals surface area contributed by atoms with Crippen molar-refractivity contribution in [2.45, 2.75) is 25.6 Å². The first-order valence-electron chi connectivity index (χ1n) is 5.20. The van der Waals surface area contributed by atoms with Gasteiger partial charge in [0.25, 0.3) is 0 Å². The van der Waals surface area contributed by atoms with Crippen LogP contribution in [0, 0.1) is 6.92 Å². The van der Waals surface area contributed by atoms with Gasteiger partial charge in [0.2, 0.25) is 0 Å². The van der Waals surface area contributed by atoms with Crippen molar-refractivity contribution in [1.82, 2.24) is 0 Å². The first-order valence-corrected chi connectivity index (χ1v) is 5.20. The predicted octanol–water partition coefficient (Wildman–Crippen LogP) is 3.35. The van der Waals surface area contributed by atoms with Crippen LogP contribution in [0.15, 0.2) is 43.0 Å². The molecule has 1 aromatic rings. The van der Waals surface area contributed by atoms with Crippen LogP contribution >= 0.6 is 0 Å². The third-order valence-electron chi connectivity index (χ3n) is 2.83. The summed E-state index contributed by atoms with van der Waals surface area (Å²) in [4.78, 5) is 0. The van der Waals surface area contributed by atoms with Gasteiger partial charge in [-0.3, -0.25) is 0 Å². The molecule has 0 radical (unpaired) electrons. The number of epoxide rings is 1. The first kappa shape index (κ1) is 10.2. The topological polar surface area (TPSA) is 12.5 Å². The molecule has 0 spiro atoms. The summed E-state index contributed by atoms with van der Waals surface area (Å²) in [6.45, 7) is 7.89. The smallest absolute Gasteiger partial charge is 0.114 e. The number of ether oxygens (including phenoxy) is 1. The zero-order valence-electron chi connectivity index (χ0n) is 9.23. The van der Waals surface area contributed by atoms with Crippen molar-refractivity contribution in [3.8, 4) is 0 Å². The van der Waals surface area contributed by atoms with Crippen molar-refractivity contribution >= 4 is 6.08 Å². The van der Waals surface area contributed by atoms with Crippen LogP contribution in [0.1, 0.15) is 18.1 Å². The minimum absolute atomic E-state index is 0.138. The molecular formula is C14H16O. The van der Waals surface area contributed by atoms with Gasteiger partial charge in [0.1, 0.15) is 11.7 Å². The highest BCUT2D eigenvalue weighted by atomic mass is 16.6. The third-order valence-corrected chi connectivity index (χ3v) is 2.83. The molecule has 0 N–H and O–H groups in total. The van der Waals surface area contributed by atoms with E-state index < -0.39 is 0 Å². The fourth-order valence-electron chi connectivity index (χ4n) is 1.51. The number of hydrogen-bond donors (Lipinski definition) is 0. The van der Waals surface area contributed by atoms with Gasteiger partial charge in [-0.1, -0.05) is 48.1 Å². The van der Waals surface area contributed by atoms with Gasteiger partial charge in [-0.25, -0.2) is 0 Å². The summed E-state index contributed by atoms with van der Waals surface area (Å²) < 4.78 is 5.49. The van der Waals surface area contributed by atoms with Crippen LogP contribution in [0.25, 0.3) is 6.08 Å². The van der Waals surface area contributed by atoms with Crippen molar-refractivity contribution < 1.29 is 4.74 Å². The van der Waals surface area contributed by atoms with E-state index in [1.165, 1.54) is 11.1 Å². The zero-order chi connectivity index (χ0) is 10.9. The molecule has 1 aromatic carbocycles. The Morgan fingerprint density at radius 2 is 2.00 bits per heavy atom. The van der Waals surface area contributed by atoms with Gasteiger partial charge < -0.3 is 4.74 Å². The summed E-state index contributed by atoms with van der Waals surface area (Å²) in [5.41, 5.74) is 2.36. The normalized spacial score (nSPS) is 29.3. The van der Waals surface area contributed by atoms with Crippen LogP contribution in [0.5, 0.6) is 0 Å². The second-order valence-corrected chi connectivity index (χ2v) is 4.20. The fourth-order valence-corrected chi connectivity index (χ4v) is 1.51. The maximum atomic E-state index is 5.49. The Morgan fingerprint density at radius 3 is 2.53 bits per heavy atom. The summed E-state index contributed by atoms with van der Waals surface area (Å²) in [6, 6.07) is 8.44. The highest BCUT2D eigenvalue weighted by Crippen LogP contribution is 2.38. The van der Waals surface area contributed by atoms with Crippen molar-refractivity contribution in [2.75, 3.05) is 0 Å². The SMILES string of the molecule is C=CC1(C)OC1C=Cc1ccc(C)cc1. The minimum Gasteiger partial charge on any atom is -0.357 e. The average molecular weight is 200 g/mol. The monoisotopic (exact) mass is 200 g/mol. The molecule has 1 aliphatic rings. The fraction of sp³-hybridized carbons (Fsp3) is 0.286. The summed E-state index contributed by atoms with van der Waals surface area (Å²) in [5.74, 6) is 0. The summed E-state index contributed by atoms with van der Waals surface area (Å²) in [7, 11) is 0. The van der Waals surface area contributed by atoms with Crippen LogP contribution in [0.3, 0.4) is 0 Å². The number of benzene rings is 1. The maximum Gasteiger partial charge on any atom is 0.114 e. The van der Waals surface area contributed by atoms with E-state index in [-0.39, 0.29) is 11.7 Å². The zero-order valence-corrected chi connectivity index (χ0v) is 9.23. The van der Waals surface area contributed by atoms with E-state index in [9.17, 15) is 0 Å². The second-order valence-electron chi connectivity index (χ2n) is 4.20. The van der Waals surface area contributed by atoms with Crippen molar-refractivity contribution in [1.29, 1.82) is 0 Å². The van der Waals surface area contributed by atoms with Crippen LogP contribution in [-0.2, 0) is 4.74 Å². The molecule has 1 saturated heterocycles. The van der Waals surface area contributed by atoms with E-state index in [1.54, 1.807) is 0 Å². The molecule has 2 atom stereocenters. The molecule has 0 amide bonds. The van der Waals surface area contributed by atoms with Crippen molar-refractivity contribution in [3.05, 3.63) is 54.1 Å². The van der Waals surface area contributed by atoms with E-state index in [1.807, 2.05) is 13.0 Å². The van der Waals surface area contributed by atoms with E-state index in [2.05, 4.69) is 49.9 Å². The summed E-state index contributed by atoms with van der Waals surface area (Å²) >= 11 is 0. The Bertz CT molecular complexity index is 388. The standard InChI is InChI=1S/C14H16O/c1-4-14(3)13(15-14)10-9-12-7-5-11(2)6-8-12/h4-10,13H,1H2,2-3H3. The highest BCUT2D eigenvalue weighted by molar-refractivity contribution is 5.51. The van der Waals surface area contributed by atoms with E-state index in [0.29, 0.717) is 0 Å². The predicted molar refractivity (Wildman–Crippen MR) is 63.7 cm³/mol. The molecule has 15 heavy (non-hydrogen) atoms. The van der Waals surface area contributed by atoms with E-state index in [0.717, 1.165) is 0 Å². The van der Waals surface area contributed by atoms with Gasteiger partial charge >= 0.3 is 0 Å². The molecule has 2 unspecified atom stereocenters. The minimum atomic E-state index is -0.138. The lowest BCUT2D eigenvalue weighted by Crippen LogP contribution is -2.01. The molecule has 78 valence electrons. The number of hydrogen-bond acceptors (Lipinski definition) is 1. The van der Waals surface area contributed by atoms with E-state index >= 15 is 0 Å². The number of aryl methyl sites for hydroxylation is 1. The lowest BCUT2D eigenvalue weighted by atomic mass is 10.1. The highest BCUT2D eigenvalue weighted by Gasteiger charge is 2.47. The van der Waals surface area contributed by atoms with Gasteiger partial charge in [0.05, 0.1) is 0 Å². The molecule has 1 heteroatoms. The summed E-state index contributed by atoms with van der Waals surface area (Å²) in [5, 5.41) is 0. The largest absolute Gasteiger partial charge is 0.357 e. The second kappa shape index (κ2) is 3.67. The molecule has 1 aliphatic heterocycles. The molecular weight excluding hydrogens is 184 g/mol. The van der Waals surface area contributed by atoms with Crippen molar-refractivity contribution in [3.63, 3.8) is 0 Å². The lowest BCUT2D eigenvalue weighted by molar-refractivity contribution is 0.356. The molecule has 0 aromatic heterocycles. The van der Waals surface area contributed by atoms with Crippen LogP contribution in [0.4, 0.5) is 0 Å². The van der Waals surface area contributed by atoms with Crippen molar-refractivity contribution in [2.24, 2.45) is 0 Å². The Hall–Kier alpha value is -1.34. The van der Waals surface area contributed by atoms with Crippen LogP contribution in [0.2, 0.25) is 0 Å². The van der Waals surface area contributed by atoms with Crippen LogP contribution in [-0.4, -0.2) is 11.7 Å². The molecule has 0 bridgehead atoms. The average Bonchev–Trinajstić information content (AvgIpc) is 2.90. The van der Waals surface area contributed by atoms with Gasteiger partial charge in [-0.15, -0.1) is 6.58 Å². The maximum absolute atomic E-state index is 5.49. The van der Waals surface area contributed by atoms with Gasteiger partial charge in [0.15, 0.2) is 0 Å². The Morgan fingerprint density at radius 1 is 1.33 bits per heavy atom. The van der Waals surface area contributed by atoms with Gasteiger partial charge in [-0.05, 0) is 19.4 Å². The lowest BCUT2D eigenvalue weighted by Gasteiger charge is -1.94. The molecule has 2 rings (SSSR count). The Kier molecular flexibility index (Phi) is 2.49. The summed E-state index contributed by atoms with van der Waals surface area (Å²) in [6.07, 6.45) is 6.24. The molecule has 0 saturated carbocycles. The Labute approximate surface area is 91.1 Å². The molecule has 1 heterocycles. The van der Waals surface area contributed by atoms with E-state index in [4.69, 9.17) is 4.74 Å².